The number of nitrogens with one attached hydrogen (secondary N) is 1. The van der Waals surface area contributed by atoms with E-state index in [0.29, 0.717) is 30.3 Å². The van der Waals surface area contributed by atoms with Gasteiger partial charge < -0.3 is 19.5 Å². The predicted molar refractivity (Wildman–Crippen MR) is 65.9 cm³/mol. The number of hydrogen-bond donors (Lipinski definition) is 1. The quantitative estimate of drug-likeness (QED) is 0.692. The van der Waals surface area contributed by atoms with Crippen LogP contribution in [0.1, 0.15) is 5.69 Å². The van der Waals surface area contributed by atoms with Crippen LogP contribution in [0.25, 0.3) is 0 Å². The van der Waals surface area contributed by atoms with Crippen molar-refractivity contribution in [3.8, 4) is 11.5 Å². The van der Waals surface area contributed by atoms with E-state index in [9.17, 15) is 8.78 Å². The molecular weight excluding hydrogens is 258 g/mol. The van der Waals surface area contributed by atoms with Crippen LogP contribution in [0.2, 0.25) is 0 Å². The molecule has 0 spiro atoms. The van der Waals surface area contributed by atoms with E-state index in [1.807, 2.05) is 0 Å². The summed E-state index contributed by atoms with van der Waals surface area (Å²) in [4.78, 5) is 4.18. The first-order valence-corrected chi connectivity index (χ1v) is 5.81. The smallest absolute Gasteiger partial charge is 0.261 e. The summed E-state index contributed by atoms with van der Waals surface area (Å²) < 4.78 is 38.7. The molecular formula is C12H18F2N2O3. The Balaban J connectivity index is 2.37. The fraction of sp³-hybridized carbons (Fsp3) is 0.583. The van der Waals surface area contributed by atoms with Gasteiger partial charge in [-0.2, -0.15) is 0 Å². The average Bonchev–Trinajstić information content (AvgIpc) is 2.41. The van der Waals surface area contributed by atoms with Gasteiger partial charge in [0.1, 0.15) is 6.61 Å². The maximum absolute atomic E-state index is 11.8. The summed E-state index contributed by atoms with van der Waals surface area (Å²) in [5, 5.41) is 3.03. The summed E-state index contributed by atoms with van der Waals surface area (Å²) in [7, 11) is 3.09. The monoisotopic (exact) mass is 276 g/mol. The Hall–Kier alpha value is -1.47. The fourth-order valence-electron chi connectivity index (χ4n) is 1.50. The standard InChI is InChI=1S/C12H18F2N2O3/c1-17-10-3-4-16-9(12(10)18-2)7-15-5-6-19-8-11(13)14/h3-4,11,15H,5-8H2,1-2H3. The molecule has 0 unspecified atom stereocenters. The van der Waals surface area contributed by atoms with Crippen LogP contribution >= 0.6 is 0 Å². The maximum Gasteiger partial charge on any atom is 0.261 e. The molecule has 1 aromatic rings. The SMILES string of the molecule is COc1ccnc(CNCCOCC(F)F)c1OC. The topological polar surface area (TPSA) is 52.6 Å². The van der Waals surface area contributed by atoms with E-state index in [1.54, 1.807) is 19.4 Å². The first-order valence-electron chi connectivity index (χ1n) is 5.81. The lowest BCUT2D eigenvalue weighted by Gasteiger charge is -2.12. The summed E-state index contributed by atoms with van der Waals surface area (Å²) in [6.07, 6.45) is -0.814. The van der Waals surface area contributed by atoms with Gasteiger partial charge >= 0.3 is 0 Å². The van der Waals surface area contributed by atoms with Crippen molar-refractivity contribution in [1.82, 2.24) is 10.3 Å². The third-order valence-electron chi connectivity index (χ3n) is 2.33. The van der Waals surface area contributed by atoms with E-state index >= 15 is 0 Å². The number of hydrogen-bond acceptors (Lipinski definition) is 5. The van der Waals surface area contributed by atoms with Crippen LogP contribution in [-0.2, 0) is 11.3 Å². The molecule has 19 heavy (non-hydrogen) atoms. The van der Waals surface area contributed by atoms with Gasteiger partial charge in [0, 0.05) is 25.4 Å². The number of halogens is 2. The molecule has 0 aliphatic rings. The second-order valence-electron chi connectivity index (χ2n) is 3.64. The highest BCUT2D eigenvalue weighted by molar-refractivity contribution is 5.42. The van der Waals surface area contributed by atoms with Gasteiger partial charge in [-0.05, 0) is 0 Å². The second kappa shape index (κ2) is 8.60. The van der Waals surface area contributed by atoms with Crippen LogP contribution in [0, 0.1) is 0 Å². The van der Waals surface area contributed by atoms with Gasteiger partial charge in [-0.3, -0.25) is 4.98 Å². The summed E-state index contributed by atoms with van der Waals surface area (Å²) in [6.45, 7) is 0.576. The van der Waals surface area contributed by atoms with Crippen molar-refractivity contribution in [3.63, 3.8) is 0 Å². The van der Waals surface area contributed by atoms with Gasteiger partial charge in [0.25, 0.3) is 6.43 Å². The van der Waals surface area contributed by atoms with Crippen molar-refractivity contribution in [2.75, 3.05) is 34.0 Å². The summed E-state index contributed by atoms with van der Waals surface area (Å²) in [6, 6.07) is 1.70. The highest BCUT2D eigenvalue weighted by atomic mass is 19.3. The van der Waals surface area contributed by atoms with E-state index < -0.39 is 13.0 Å². The molecule has 1 heterocycles. The molecule has 0 fully saturated rings. The van der Waals surface area contributed by atoms with Crippen LogP contribution in [-0.4, -0.2) is 45.4 Å². The minimum atomic E-state index is -2.43. The van der Waals surface area contributed by atoms with Crippen molar-refractivity contribution < 1.29 is 23.0 Å². The number of ether oxygens (including phenoxy) is 3. The zero-order chi connectivity index (χ0) is 14.1. The lowest BCUT2D eigenvalue weighted by Crippen LogP contribution is -2.21. The molecule has 1 aromatic heterocycles. The Morgan fingerprint density at radius 1 is 1.32 bits per heavy atom. The Morgan fingerprint density at radius 3 is 2.74 bits per heavy atom. The van der Waals surface area contributed by atoms with Crippen LogP contribution in [0.3, 0.4) is 0 Å². The summed E-state index contributed by atoms with van der Waals surface area (Å²) in [5.74, 6) is 1.16. The Labute approximate surface area is 110 Å². The van der Waals surface area contributed by atoms with Gasteiger partial charge in [0.2, 0.25) is 0 Å². The molecule has 0 bridgehead atoms. The molecule has 0 aliphatic carbocycles. The molecule has 5 nitrogen and oxygen atoms in total. The molecule has 7 heteroatoms. The normalized spacial score (nSPS) is 10.8. The number of aromatic nitrogens is 1. The molecule has 1 rings (SSSR count). The number of pyridine rings is 1. The van der Waals surface area contributed by atoms with Crippen LogP contribution in [0.4, 0.5) is 8.78 Å². The second-order valence-corrected chi connectivity index (χ2v) is 3.64. The van der Waals surface area contributed by atoms with Gasteiger partial charge in [-0.25, -0.2) is 8.78 Å². The molecule has 0 atom stereocenters. The summed E-state index contributed by atoms with van der Waals surface area (Å²) in [5.41, 5.74) is 0.690. The van der Waals surface area contributed by atoms with E-state index in [2.05, 4.69) is 10.3 Å². The molecule has 0 amide bonds. The minimum Gasteiger partial charge on any atom is -0.493 e. The fourth-order valence-corrected chi connectivity index (χ4v) is 1.50. The predicted octanol–water partition coefficient (Wildman–Crippen LogP) is 1.47. The van der Waals surface area contributed by atoms with Crippen LogP contribution < -0.4 is 14.8 Å². The van der Waals surface area contributed by atoms with Gasteiger partial charge in [-0.15, -0.1) is 0 Å². The van der Waals surface area contributed by atoms with Crippen LogP contribution in [0.5, 0.6) is 11.5 Å². The maximum atomic E-state index is 11.8. The minimum absolute atomic E-state index is 0.219. The molecule has 0 saturated carbocycles. The Bertz CT molecular complexity index is 378. The highest BCUT2D eigenvalue weighted by Gasteiger charge is 2.10. The Kier molecular flexibility index (Phi) is 7.06. The van der Waals surface area contributed by atoms with Crippen molar-refractivity contribution in [3.05, 3.63) is 18.0 Å². The van der Waals surface area contributed by atoms with Crippen LogP contribution in [0.15, 0.2) is 12.3 Å². The number of methoxy groups -OCH3 is 2. The zero-order valence-electron chi connectivity index (χ0n) is 11.0. The third-order valence-corrected chi connectivity index (χ3v) is 2.33. The molecule has 0 saturated heterocycles. The molecule has 0 aromatic carbocycles. The van der Waals surface area contributed by atoms with Crippen molar-refractivity contribution in [2.24, 2.45) is 0 Å². The van der Waals surface area contributed by atoms with Gasteiger partial charge in [0.15, 0.2) is 11.5 Å². The molecule has 0 aliphatic heterocycles. The molecule has 0 radical (unpaired) electrons. The van der Waals surface area contributed by atoms with E-state index in [4.69, 9.17) is 14.2 Å². The number of nitrogens with zero attached hydrogens (tertiary/aromatic N) is 1. The lowest BCUT2D eigenvalue weighted by atomic mass is 10.3. The largest absolute Gasteiger partial charge is 0.493 e. The van der Waals surface area contributed by atoms with Crippen molar-refractivity contribution >= 4 is 0 Å². The number of alkyl halides is 2. The van der Waals surface area contributed by atoms with E-state index in [0.717, 1.165) is 0 Å². The zero-order valence-corrected chi connectivity index (χ0v) is 11.0. The number of rotatable bonds is 9. The summed E-state index contributed by atoms with van der Waals surface area (Å²) >= 11 is 0. The van der Waals surface area contributed by atoms with Crippen molar-refractivity contribution in [1.29, 1.82) is 0 Å². The van der Waals surface area contributed by atoms with Gasteiger partial charge in [-0.1, -0.05) is 0 Å². The van der Waals surface area contributed by atoms with Gasteiger partial charge in [0.05, 0.1) is 26.5 Å². The average molecular weight is 276 g/mol. The Morgan fingerprint density at radius 2 is 2.11 bits per heavy atom. The molecule has 1 N–H and O–H groups in total. The lowest BCUT2D eigenvalue weighted by molar-refractivity contribution is 0.0187. The highest BCUT2D eigenvalue weighted by Crippen LogP contribution is 2.28. The van der Waals surface area contributed by atoms with Crippen molar-refractivity contribution in [2.45, 2.75) is 13.0 Å². The first kappa shape index (κ1) is 15.6. The van der Waals surface area contributed by atoms with E-state index in [-0.39, 0.29) is 6.61 Å². The molecule has 108 valence electrons. The van der Waals surface area contributed by atoms with E-state index in [1.165, 1.54) is 7.11 Å². The third kappa shape index (κ3) is 5.35. The first-order chi connectivity index (χ1) is 9.19.